The quantitative estimate of drug-likeness (QED) is 0.446. The first kappa shape index (κ1) is 26.4. The Morgan fingerprint density at radius 3 is 2.39 bits per heavy atom. The fourth-order valence-electron chi connectivity index (χ4n) is 4.03. The van der Waals surface area contributed by atoms with E-state index in [1.165, 1.54) is 21.1 Å². The Hall–Kier alpha value is -4.25. The van der Waals surface area contributed by atoms with Gasteiger partial charge in [-0.25, -0.2) is 0 Å². The highest BCUT2D eigenvalue weighted by atomic mass is 16.5. The number of aryl methyl sites for hydroxylation is 2. The topological polar surface area (TPSA) is 111 Å². The summed E-state index contributed by atoms with van der Waals surface area (Å²) in [5, 5.41) is 20.7. The average molecular weight is 491 g/mol. The van der Waals surface area contributed by atoms with E-state index in [2.05, 4.69) is 0 Å². The lowest BCUT2D eigenvalue weighted by molar-refractivity contribution is 0.0811. The molecule has 1 heterocycles. The SMILES string of the molecule is COc1ccc(CCn2c(O)c(C(=O)C(C)Oc3cccc(C)c3C)c(C)c(C#N)c2=O)cc1OC. The van der Waals surface area contributed by atoms with Crippen LogP contribution in [0.1, 0.15) is 45.1 Å². The minimum absolute atomic E-state index is 0.0433. The number of benzene rings is 2. The number of ketones is 1. The van der Waals surface area contributed by atoms with Crippen molar-refractivity contribution >= 4 is 5.78 Å². The summed E-state index contributed by atoms with van der Waals surface area (Å²) in [6, 6.07) is 12.8. The van der Waals surface area contributed by atoms with Gasteiger partial charge in [0.2, 0.25) is 11.7 Å². The van der Waals surface area contributed by atoms with E-state index in [0.717, 1.165) is 21.3 Å². The number of nitriles is 1. The zero-order valence-corrected chi connectivity index (χ0v) is 21.3. The van der Waals surface area contributed by atoms with Crippen molar-refractivity contribution in [1.29, 1.82) is 5.26 Å². The van der Waals surface area contributed by atoms with Crippen molar-refractivity contribution in [3.05, 3.63) is 80.1 Å². The van der Waals surface area contributed by atoms with Crippen LogP contribution in [0, 0.1) is 32.1 Å². The van der Waals surface area contributed by atoms with Gasteiger partial charge in [-0.05, 0) is 74.6 Å². The van der Waals surface area contributed by atoms with Crippen molar-refractivity contribution in [2.45, 2.75) is 46.8 Å². The van der Waals surface area contributed by atoms with Gasteiger partial charge in [0, 0.05) is 6.54 Å². The molecule has 1 unspecified atom stereocenters. The van der Waals surface area contributed by atoms with Gasteiger partial charge in [-0.3, -0.25) is 14.2 Å². The minimum Gasteiger partial charge on any atom is -0.494 e. The van der Waals surface area contributed by atoms with Gasteiger partial charge in [-0.1, -0.05) is 18.2 Å². The van der Waals surface area contributed by atoms with Crippen LogP contribution in [-0.4, -0.2) is 35.8 Å². The van der Waals surface area contributed by atoms with Crippen LogP contribution in [0.4, 0.5) is 0 Å². The van der Waals surface area contributed by atoms with Crippen molar-refractivity contribution in [2.75, 3.05) is 14.2 Å². The van der Waals surface area contributed by atoms with Gasteiger partial charge < -0.3 is 19.3 Å². The van der Waals surface area contributed by atoms with Crippen molar-refractivity contribution in [3.8, 4) is 29.2 Å². The van der Waals surface area contributed by atoms with Gasteiger partial charge >= 0.3 is 0 Å². The van der Waals surface area contributed by atoms with E-state index >= 15 is 0 Å². The molecule has 0 aliphatic heterocycles. The molecule has 0 aliphatic rings. The minimum atomic E-state index is -0.960. The third kappa shape index (κ3) is 5.05. The van der Waals surface area contributed by atoms with E-state index in [4.69, 9.17) is 14.2 Å². The molecule has 1 aromatic heterocycles. The van der Waals surface area contributed by atoms with E-state index in [9.17, 15) is 20.0 Å². The highest BCUT2D eigenvalue weighted by molar-refractivity contribution is 6.03. The molecule has 3 rings (SSSR count). The molecule has 0 radical (unpaired) electrons. The molecule has 0 spiro atoms. The molecule has 8 heteroatoms. The lowest BCUT2D eigenvalue weighted by Gasteiger charge is -2.20. The standard InChI is InChI=1S/C28H30N2O6/c1-16-8-7-9-22(17(16)2)36-19(4)26(31)25-18(3)21(15-29)27(32)30(28(25)33)13-12-20-10-11-23(34-5)24(14-20)35-6/h7-11,14,19,33H,12-13H2,1-6H3. The number of nitrogens with zero attached hydrogens (tertiary/aromatic N) is 2. The van der Waals surface area contributed by atoms with Gasteiger partial charge in [0.15, 0.2) is 17.6 Å². The number of rotatable bonds is 9. The van der Waals surface area contributed by atoms with Gasteiger partial charge in [-0.2, -0.15) is 5.26 Å². The smallest absolute Gasteiger partial charge is 0.271 e. The molecule has 36 heavy (non-hydrogen) atoms. The second-order valence-electron chi connectivity index (χ2n) is 8.53. The molecule has 3 aromatic rings. The van der Waals surface area contributed by atoms with Crippen LogP contribution in [0.3, 0.4) is 0 Å². The maximum absolute atomic E-state index is 13.4. The Bertz CT molecular complexity index is 1400. The Morgan fingerprint density at radius 1 is 1.06 bits per heavy atom. The van der Waals surface area contributed by atoms with Crippen molar-refractivity contribution in [1.82, 2.24) is 4.57 Å². The third-order valence-electron chi connectivity index (χ3n) is 6.35. The maximum Gasteiger partial charge on any atom is 0.271 e. The third-order valence-corrected chi connectivity index (χ3v) is 6.35. The lowest BCUT2D eigenvalue weighted by atomic mass is 9.98. The Kier molecular flexibility index (Phi) is 8.05. The molecule has 0 bridgehead atoms. The summed E-state index contributed by atoms with van der Waals surface area (Å²) in [6.45, 7) is 6.94. The van der Waals surface area contributed by atoms with Crippen LogP contribution in [0.5, 0.6) is 23.1 Å². The van der Waals surface area contributed by atoms with Gasteiger partial charge in [0.1, 0.15) is 17.4 Å². The fourth-order valence-corrected chi connectivity index (χ4v) is 4.03. The van der Waals surface area contributed by atoms with Crippen LogP contribution in [0.2, 0.25) is 0 Å². The van der Waals surface area contributed by atoms with Crippen LogP contribution in [0.15, 0.2) is 41.2 Å². The molecule has 0 amide bonds. The summed E-state index contributed by atoms with van der Waals surface area (Å²) in [4.78, 5) is 26.4. The van der Waals surface area contributed by atoms with Crippen molar-refractivity contribution in [3.63, 3.8) is 0 Å². The normalized spacial score (nSPS) is 11.5. The summed E-state index contributed by atoms with van der Waals surface area (Å²) in [7, 11) is 3.06. The number of aromatic hydroxyl groups is 1. The molecule has 8 nitrogen and oxygen atoms in total. The lowest BCUT2D eigenvalue weighted by Crippen LogP contribution is -2.31. The summed E-state index contributed by atoms with van der Waals surface area (Å²) in [5.74, 6) is 0.631. The predicted molar refractivity (Wildman–Crippen MR) is 135 cm³/mol. The molecule has 0 fully saturated rings. The highest BCUT2D eigenvalue weighted by Gasteiger charge is 2.28. The van der Waals surface area contributed by atoms with E-state index in [0.29, 0.717) is 23.7 Å². The number of hydrogen-bond donors (Lipinski definition) is 1. The number of hydrogen-bond acceptors (Lipinski definition) is 7. The number of carbonyl (C=O) groups excluding carboxylic acids is 1. The number of Topliss-reactive ketones (excluding diaryl/α,β-unsaturated/α-hetero) is 1. The molecule has 0 saturated heterocycles. The number of aromatic nitrogens is 1. The van der Waals surface area contributed by atoms with Gasteiger partial charge in [0.25, 0.3) is 5.56 Å². The number of carbonyl (C=O) groups is 1. The largest absolute Gasteiger partial charge is 0.494 e. The zero-order valence-electron chi connectivity index (χ0n) is 21.3. The molecule has 0 saturated carbocycles. The van der Waals surface area contributed by atoms with E-state index in [1.807, 2.05) is 38.1 Å². The molecule has 1 N–H and O–H groups in total. The Balaban J connectivity index is 1.97. The van der Waals surface area contributed by atoms with E-state index in [-0.39, 0.29) is 23.2 Å². The van der Waals surface area contributed by atoms with Crippen molar-refractivity contribution < 1.29 is 24.1 Å². The predicted octanol–water partition coefficient (Wildman–Crippen LogP) is 4.26. The Morgan fingerprint density at radius 2 is 1.75 bits per heavy atom. The fraction of sp³-hybridized carbons (Fsp3) is 0.321. The first-order chi connectivity index (χ1) is 17.1. The van der Waals surface area contributed by atoms with Crippen LogP contribution >= 0.6 is 0 Å². The second-order valence-corrected chi connectivity index (χ2v) is 8.53. The first-order valence-electron chi connectivity index (χ1n) is 11.5. The highest BCUT2D eigenvalue weighted by Crippen LogP contribution is 2.29. The summed E-state index contributed by atoms with van der Waals surface area (Å²) >= 11 is 0. The molecule has 0 aliphatic carbocycles. The first-order valence-corrected chi connectivity index (χ1v) is 11.5. The summed E-state index contributed by atoms with van der Waals surface area (Å²) < 4.78 is 17.5. The van der Waals surface area contributed by atoms with Crippen LogP contribution in [0.25, 0.3) is 0 Å². The van der Waals surface area contributed by atoms with Crippen LogP contribution in [-0.2, 0) is 13.0 Å². The van der Waals surface area contributed by atoms with Gasteiger partial charge in [0.05, 0.1) is 19.8 Å². The number of ether oxygens (including phenoxy) is 3. The molecule has 1 atom stereocenters. The van der Waals surface area contributed by atoms with Crippen LogP contribution < -0.4 is 19.8 Å². The average Bonchev–Trinajstić information content (AvgIpc) is 2.86. The number of methoxy groups -OCH3 is 2. The summed E-state index contributed by atoms with van der Waals surface area (Å²) in [6.07, 6.45) is -0.623. The maximum atomic E-state index is 13.4. The zero-order chi connectivity index (χ0) is 26.6. The summed E-state index contributed by atoms with van der Waals surface area (Å²) in [5.41, 5.74) is 1.91. The monoisotopic (exact) mass is 490 g/mol. The van der Waals surface area contributed by atoms with Crippen molar-refractivity contribution in [2.24, 2.45) is 0 Å². The number of pyridine rings is 1. The molecular formula is C28H30N2O6. The van der Waals surface area contributed by atoms with Gasteiger partial charge in [-0.15, -0.1) is 0 Å². The molecule has 188 valence electrons. The molecular weight excluding hydrogens is 460 g/mol. The van der Waals surface area contributed by atoms with E-state index < -0.39 is 23.3 Å². The van der Waals surface area contributed by atoms with E-state index in [1.54, 1.807) is 25.1 Å². The Labute approximate surface area is 210 Å². The molecule has 2 aromatic carbocycles. The second kappa shape index (κ2) is 11.0.